The zero-order valence-corrected chi connectivity index (χ0v) is 23.4. The first-order valence-corrected chi connectivity index (χ1v) is 15.0. The Labute approximate surface area is 232 Å². The average Bonchev–Trinajstić information content (AvgIpc) is 3.49. The first-order valence-electron chi connectivity index (χ1n) is 13.1. The lowest BCUT2D eigenvalue weighted by Gasteiger charge is -2.72. The van der Waals surface area contributed by atoms with E-state index in [1.165, 1.54) is 16.4 Å². The largest absolute Gasteiger partial charge is 0.360 e. The van der Waals surface area contributed by atoms with Gasteiger partial charge in [-0.05, 0) is 75.8 Å². The maximum Gasteiger partial charge on any atom is 0.245 e. The number of aliphatic imine (C=N–C) groups is 1. The minimum absolute atomic E-state index is 0.00127. The summed E-state index contributed by atoms with van der Waals surface area (Å²) in [6.45, 7) is 3.73. The lowest BCUT2D eigenvalue weighted by atomic mass is 9.38. The number of amides is 1. The van der Waals surface area contributed by atoms with Crippen LogP contribution in [0.25, 0.3) is 0 Å². The van der Waals surface area contributed by atoms with Crippen LogP contribution in [0.2, 0.25) is 5.02 Å². The van der Waals surface area contributed by atoms with Crippen LogP contribution in [-0.2, 0) is 21.4 Å². The molecule has 4 fully saturated rings. The smallest absolute Gasteiger partial charge is 0.245 e. The Hall–Kier alpha value is -2.56. The first-order chi connectivity index (χ1) is 18.3. The zero-order chi connectivity index (χ0) is 27.8. The van der Waals surface area contributed by atoms with Crippen LogP contribution in [0.1, 0.15) is 51.5 Å². The maximum atomic E-state index is 14.2. The van der Waals surface area contributed by atoms with Crippen LogP contribution >= 0.6 is 11.6 Å². The van der Waals surface area contributed by atoms with Crippen molar-refractivity contribution in [2.24, 2.45) is 10.4 Å². The fraction of sp³-hybridized carbons (Fsp3) is 0.500. The van der Waals surface area contributed by atoms with Crippen molar-refractivity contribution in [1.82, 2.24) is 14.9 Å². The monoisotopic (exact) mass is 576 g/mol. The van der Waals surface area contributed by atoms with E-state index in [9.17, 15) is 22.0 Å². The third kappa shape index (κ3) is 4.44. The molecule has 5 aliphatic rings. The van der Waals surface area contributed by atoms with Crippen LogP contribution < -0.4 is 10.6 Å². The molecule has 4 aliphatic carbocycles. The standard InChI is InChI=1S/C28H31ClF2N4O3S/c1-25(2)22(23(36)32-17-27(31)10-11-27)33-24(34-25)26-14-28(15-26,16-26)35(13-18-8-9-20(29)21(30)12-18)39(37,38)19-6-4-3-5-7-19/h3-9,12,22H,10-11,13-17H2,1-2H3,(H,32,36)(H,33,34)/t22-,26?,28?/m0/s1. The normalized spacial score (nSPS) is 29.6. The molecule has 0 radical (unpaired) electrons. The molecule has 1 amide bonds. The second kappa shape index (κ2) is 8.72. The topological polar surface area (TPSA) is 90.9 Å². The highest BCUT2D eigenvalue weighted by Gasteiger charge is 2.75. The molecule has 1 atom stereocenters. The zero-order valence-electron chi connectivity index (χ0n) is 21.8. The Bertz CT molecular complexity index is 1460. The van der Waals surface area contributed by atoms with Gasteiger partial charge in [-0.3, -0.25) is 9.79 Å². The number of sulfonamides is 1. The Kier molecular flexibility index (Phi) is 5.96. The molecular formula is C28H31ClF2N4O3S. The van der Waals surface area contributed by atoms with E-state index in [1.54, 1.807) is 36.4 Å². The number of benzene rings is 2. The third-order valence-corrected chi connectivity index (χ3v) is 11.0. The van der Waals surface area contributed by atoms with Crippen LogP contribution in [0.5, 0.6) is 0 Å². The number of rotatable bonds is 9. The summed E-state index contributed by atoms with van der Waals surface area (Å²) in [5, 5.41) is 5.99. The van der Waals surface area contributed by atoms with Gasteiger partial charge in [-0.25, -0.2) is 17.2 Å². The first kappa shape index (κ1) is 26.7. The van der Waals surface area contributed by atoms with E-state index in [-0.39, 0.29) is 34.3 Å². The number of hydrogen-bond donors (Lipinski definition) is 2. The Morgan fingerprint density at radius 1 is 1.15 bits per heavy atom. The van der Waals surface area contributed by atoms with E-state index in [4.69, 9.17) is 16.6 Å². The minimum Gasteiger partial charge on any atom is -0.360 e. The van der Waals surface area contributed by atoms with Gasteiger partial charge in [-0.1, -0.05) is 35.9 Å². The van der Waals surface area contributed by atoms with Gasteiger partial charge >= 0.3 is 0 Å². The van der Waals surface area contributed by atoms with E-state index < -0.39 is 38.6 Å². The van der Waals surface area contributed by atoms with Crippen LogP contribution in [-0.4, -0.2) is 53.8 Å². The molecule has 0 aromatic heterocycles. The SMILES string of the molecule is CC1(C)N=C(C23CC(N(Cc4ccc(Cl)c(F)c4)S(=O)(=O)c4ccccc4)(C2)C3)N[C@H]1C(=O)NCC1(F)CC1. The Morgan fingerprint density at radius 3 is 2.44 bits per heavy atom. The van der Waals surface area contributed by atoms with Crippen molar-refractivity contribution in [1.29, 1.82) is 0 Å². The summed E-state index contributed by atoms with van der Waals surface area (Å²) in [4.78, 5) is 17.9. The molecular weight excluding hydrogens is 546 g/mol. The van der Waals surface area contributed by atoms with E-state index in [0.29, 0.717) is 43.5 Å². The van der Waals surface area contributed by atoms with Gasteiger partial charge in [0.15, 0.2) is 0 Å². The number of nitrogens with zero attached hydrogens (tertiary/aromatic N) is 2. The molecule has 0 unspecified atom stereocenters. The fourth-order valence-corrected chi connectivity index (χ4v) is 8.19. The number of carbonyl (C=O) groups excluding carboxylic acids is 1. The summed E-state index contributed by atoms with van der Waals surface area (Å²) in [6.07, 6.45) is 2.53. The molecule has 1 aliphatic heterocycles. The molecule has 2 aromatic rings. The quantitative estimate of drug-likeness (QED) is 0.464. The number of carbonyl (C=O) groups is 1. The van der Waals surface area contributed by atoms with Crippen molar-refractivity contribution in [3.63, 3.8) is 0 Å². The molecule has 39 heavy (non-hydrogen) atoms. The summed E-state index contributed by atoms with van der Waals surface area (Å²) >= 11 is 5.86. The van der Waals surface area contributed by atoms with Gasteiger partial charge < -0.3 is 10.6 Å². The van der Waals surface area contributed by atoms with Gasteiger partial charge in [0.2, 0.25) is 15.9 Å². The molecule has 4 saturated carbocycles. The predicted molar refractivity (Wildman–Crippen MR) is 144 cm³/mol. The fourth-order valence-electron chi connectivity index (χ4n) is 6.30. The highest BCUT2D eigenvalue weighted by Crippen LogP contribution is 2.71. The molecule has 0 saturated heterocycles. The van der Waals surface area contributed by atoms with E-state index in [0.717, 1.165) is 0 Å². The molecule has 7 nitrogen and oxygen atoms in total. The number of halogens is 3. The average molecular weight is 577 g/mol. The molecule has 7 rings (SSSR count). The molecule has 2 bridgehead atoms. The van der Waals surface area contributed by atoms with Crippen molar-refractivity contribution in [3.8, 4) is 0 Å². The van der Waals surface area contributed by atoms with E-state index in [1.807, 2.05) is 13.8 Å². The Balaban J connectivity index is 1.22. The van der Waals surface area contributed by atoms with Crippen LogP contribution in [0.15, 0.2) is 58.4 Å². The van der Waals surface area contributed by atoms with Gasteiger partial charge in [-0.2, -0.15) is 4.31 Å². The third-order valence-electron chi connectivity index (χ3n) is 8.70. The highest BCUT2D eigenvalue weighted by molar-refractivity contribution is 7.89. The minimum atomic E-state index is -3.90. The summed E-state index contributed by atoms with van der Waals surface area (Å²) < 4.78 is 57.5. The molecule has 2 aromatic carbocycles. The van der Waals surface area contributed by atoms with Crippen molar-refractivity contribution < 1.29 is 22.0 Å². The molecule has 1 heterocycles. The van der Waals surface area contributed by atoms with Gasteiger partial charge in [0, 0.05) is 17.5 Å². The van der Waals surface area contributed by atoms with Gasteiger partial charge in [-0.15, -0.1) is 0 Å². The maximum absolute atomic E-state index is 14.2. The summed E-state index contributed by atoms with van der Waals surface area (Å²) in [5.41, 5.74) is -2.52. The van der Waals surface area contributed by atoms with Crippen LogP contribution in [0.4, 0.5) is 8.78 Å². The second-order valence-corrected chi connectivity index (χ2v) is 14.4. The summed E-state index contributed by atoms with van der Waals surface area (Å²) in [5.74, 6) is -0.191. The summed E-state index contributed by atoms with van der Waals surface area (Å²) in [6, 6.07) is 11.9. The summed E-state index contributed by atoms with van der Waals surface area (Å²) in [7, 11) is -3.90. The van der Waals surface area contributed by atoms with Crippen molar-refractivity contribution >= 4 is 33.4 Å². The van der Waals surface area contributed by atoms with E-state index >= 15 is 0 Å². The lowest BCUT2D eigenvalue weighted by molar-refractivity contribution is -0.151. The predicted octanol–water partition coefficient (Wildman–Crippen LogP) is 4.36. The van der Waals surface area contributed by atoms with Crippen molar-refractivity contribution in [2.75, 3.05) is 6.54 Å². The lowest BCUT2D eigenvalue weighted by Crippen LogP contribution is -2.78. The number of alkyl halides is 1. The Morgan fingerprint density at radius 2 is 1.82 bits per heavy atom. The molecule has 11 heteroatoms. The number of amidine groups is 1. The van der Waals surface area contributed by atoms with Gasteiger partial charge in [0.1, 0.15) is 23.4 Å². The van der Waals surface area contributed by atoms with Gasteiger partial charge in [0.25, 0.3) is 0 Å². The van der Waals surface area contributed by atoms with E-state index in [2.05, 4.69) is 10.6 Å². The molecule has 0 spiro atoms. The molecule has 208 valence electrons. The van der Waals surface area contributed by atoms with Crippen molar-refractivity contribution in [2.45, 2.75) is 80.2 Å². The molecule has 2 N–H and O–H groups in total. The van der Waals surface area contributed by atoms with Crippen molar-refractivity contribution in [3.05, 3.63) is 64.9 Å². The van der Waals surface area contributed by atoms with Crippen LogP contribution in [0, 0.1) is 11.2 Å². The number of hydrogen-bond acceptors (Lipinski definition) is 5. The highest BCUT2D eigenvalue weighted by atomic mass is 35.5. The second-order valence-electron chi connectivity index (χ2n) is 12.2. The number of nitrogens with one attached hydrogen (secondary N) is 2. The van der Waals surface area contributed by atoms with Crippen LogP contribution in [0.3, 0.4) is 0 Å². The van der Waals surface area contributed by atoms with Gasteiger partial charge in [0.05, 0.1) is 22.0 Å².